The Morgan fingerprint density at radius 3 is 2.00 bits per heavy atom. The van der Waals surface area contributed by atoms with E-state index in [1.807, 2.05) is 21.0 Å². The van der Waals surface area contributed by atoms with E-state index < -0.39 is 0 Å². The zero-order valence-corrected chi connectivity index (χ0v) is 6.48. The molecule has 9 heavy (non-hydrogen) atoms. The molecule has 0 aliphatic heterocycles. The lowest BCUT2D eigenvalue weighted by Gasteiger charge is -1.91. The fraction of sp³-hybridized carbons (Fsp3) is 1.00. The van der Waals surface area contributed by atoms with Crippen molar-refractivity contribution in [1.82, 2.24) is 5.32 Å². The fourth-order valence-electron chi connectivity index (χ4n) is 0.209. The molecule has 0 atom stereocenters. The molecule has 0 radical (unpaired) electrons. The molecule has 0 bridgehead atoms. The van der Waals surface area contributed by atoms with Crippen LogP contribution in [0.15, 0.2) is 0 Å². The third-order valence-electron chi connectivity index (χ3n) is 0.440. The molecule has 0 saturated carbocycles. The zero-order chi connectivity index (χ0) is 7.54. The summed E-state index contributed by atoms with van der Waals surface area (Å²) in [6.07, 6.45) is 0. The lowest BCUT2D eigenvalue weighted by Crippen LogP contribution is -1.96. The van der Waals surface area contributed by atoms with Crippen LogP contribution in [0.4, 0.5) is 0 Å². The first-order chi connectivity index (χ1) is 4.33. The van der Waals surface area contributed by atoms with Crippen molar-refractivity contribution in [2.45, 2.75) is 6.92 Å². The predicted octanol–water partition coefficient (Wildman–Crippen LogP) is -0.149. The third-order valence-corrected chi connectivity index (χ3v) is 0.440. The van der Waals surface area contributed by atoms with Crippen molar-refractivity contribution in [3.05, 3.63) is 0 Å². The van der Waals surface area contributed by atoms with Crippen molar-refractivity contribution in [1.29, 1.82) is 0 Å². The van der Waals surface area contributed by atoms with Crippen molar-refractivity contribution in [2.24, 2.45) is 0 Å². The number of aliphatic hydroxyl groups is 1. The average Bonchev–Trinajstić information content (AvgIpc) is 1.86. The SMILES string of the molecule is CCOCCO.CNC. The molecule has 0 amide bonds. The Bertz CT molecular complexity index is 30.2. The highest BCUT2D eigenvalue weighted by Crippen LogP contribution is 1.66. The van der Waals surface area contributed by atoms with Crippen molar-refractivity contribution in [2.75, 3.05) is 33.9 Å². The minimum atomic E-state index is 0.133. The van der Waals surface area contributed by atoms with E-state index in [4.69, 9.17) is 9.84 Å². The molecule has 0 aromatic heterocycles. The molecule has 0 heterocycles. The molecule has 0 aromatic carbocycles. The maximum atomic E-state index is 8.07. The van der Waals surface area contributed by atoms with Gasteiger partial charge in [0.1, 0.15) is 0 Å². The fourth-order valence-corrected chi connectivity index (χ4v) is 0.209. The summed E-state index contributed by atoms with van der Waals surface area (Å²) in [6, 6.07) is 0. The summed E-state index contributed by atoms with van der Waals surface area (Å²) in [5, 5.41) is 10.8. The van der Waals surface area contributed by atoms with Crippen LogP contribution in [0, 0.1) is 0 Å². The first-order valence-electron chi connectivity index (χ1n) is 3.10. The van der Waals surface area contributed by atoms with E-state index in [0.717, 1.165) is 0 Å². The highest BCUT2D eigenvalue weighted by atomic mass is 16.5. The maximum absolute atomic E-state index is 8.07. The topological polar surface area (TPSA) is 41.5 Å². The van der Waals surface area contributed by atoms with Gasteiger partial charge in [0.05, 0.1) is 13.2 Å². The number of nitrogens with one attached hydrogen (secondary N) is 1. The van der Waals surface area contributed by atoms with Gasteiger partial charge in [0.2, 0.25) is 0 Å². The molecule has 3 nitrogen and oxygen atoms in total. The lowest BCUT2D eigenvalue weighted by molar-refractivity contribution is 0.102. The van der Waals surface area contributed by atoms with E-state index in [1.54, 1.807) is 0 Å². The van der Waals surface area contributed by atoms with E-state index in [-0.39, 0.29) is 6.61 Å². The van der Waals surface area contributed by atoms with Gasteiger partial charge in [0, 0.05) is 6.61 Å². The van der Waals surface area contributed by atoms with E-state index in [0.29, 0.717) is 13.2 Å². The number of hydrogen-bond acceptors (Lipinski definition) is 3. The van der Waals surface area contributed by atoms with E-state index >= 15 is 0 Å². The highest BCUT2D eigenvalue weighted by Gasteiger charge is 1.73. The van der Waals surface area contributed by atoms with Crippen LogP contribution in [-0.4, -0.2) is 39.0 Å². The molecule has 2 N–H and O–H groups in total. The van der Waals surface area contributed by atoms with Crippen LogP contribution >= 0.6 is 0 Å². The molecule has 3 heteroatoms. The predicted molar refractivity (Wildman–Crippen MR) is 38.6 cm³/mol. The number of ether oxygens (including phenoxy) is 1. The Hall–Kier alpha value is -0.120. The first-order valence-corrected chi connectivity index (χ1v) is 3.10. The van der Waals surface area contributed by atoms with Crippen LogP contribution < -0.4 is 5.32 Å². The summed E-state index contributed by atoms with van der Waals surface area (Å²) in [4.78, 5) is 0. The largest absolute Gasteiger partial charge is 0.394 e. The van der Waals surface area contributed by atoms with Gasteiger partial charge < -0.3 is 15.2 Å². The normalized spacial score (nSPS) is 8.00. The van der Waals surface area contributed by atoms with Gasteiger partial charge in [-0.2, -0.15) is 0 Å². The number of rotatable bonds is 3. The van der Waals surface area contributed by atoms with Gasteiger partial charge in [0.15, 0.2) is 0 Å². The van der Waals surface area contributed by atoms with Crippen LogP contribution in [0.1, 0.15) is 6.92 Å². The van der Waals surface area contributed by atoms with Crippen molar-refractivity contribution in [3.8, 4) is 0 Å². The molecular formula is C6H17NO2. The summed E-state index contributed by atoms with van der Waals surface area (Å²) in [6.45, 7) is 3.20. The summed E-state index contributed by atoms with van der Waals surface area (Å²) in [7, 11) is 3.75. The van der Waals surface area contributed by atoms with E-state index in [9.17, 15) is 0 Å². The van der Waals surface area contributed by atoms with Gasteiger partial charge in [-0.3, -0.25) is 0 Å². The smallest absolute Gasteiger partial charge is 0.0697 e. The quantitative estimate of drug-likeness (QED) is 0.529. The Morgan fingerprint density at radius 2 is 1.89 bits per heavy atom. The van der Waals surface area contributed by atoms with E-state index in [2.05, 4.69) is 5.32 Å². The number of aliphatic hydroxyl groups excluding tert-OH is 1. The molecule has 58 valence electrons. The maximum Gasteiger partial charge on any atom is 0.0697 e. The van der Waals surface area contributed by atoms with Gasteiger partial charge in [-0.1, -0.05) is 0 Å². The summed E-state index contributed by atoms with van der Waals surface area (Å²) >= 11 is 0. The third kappa shape index (κ3) is 32.8. The molecule has 0 fully saturated rings. The summed E-state index contributed by atoms with van der Waals surface area (Å²) in [5.41, 5.74) is 0. The number of hydrogen-bond donors (Lipinski definition) is 2. The van der Waals surface area contributed by atoms with Crippen LogP contribution in [0.3, 0.4) is 0 Å². The van der Waals surface area contributed by atoms with Crippen LogP contribution in [0.25, 0.3) is 0 Å². The minimum absolute atomic E-state index is 0.133. The lowest BCUT2D eigenvalue weighted by atomic mass is 10.8. The van der Waals surface area contributed by atoms with Crippen molar-refractivity contribution < 1.29 is 9.84 Å². The molecule has 0 aliphatic rings. The standard InChI is InChI=1S/C4H10O2.C2H7N/c1-2-6-4-3-5;1-3-2/h5H,2-4H2,1H3;3H,1-2H3. The molecular weight excluding hydrogens is 118 g/mol. The molecule has 0 aromatic rings. The van der Waals surface area contributed by atoms with Gasteiger partial charge in [-0.05, 0) is 21.0 Å². The Kier molecular flexibility index (Phi) is 20.3. The van der Waals surface area contributed by atoms with Gasteiger partial charge in [-0.15, -0.1) is 0 Å². The summed E-state index contributed by atoms with van der Waals surface area (Å²) < 4.78 is 4.73. The molecule has 0 spiro atoms. The van der Waals surface area contributed by atoms with Crippen LogP contribution in [-0.2, 0) is 4.74 Å². The zero-order valence-electron chi connectivity index (χ0n) is 6.48. The minimum Gasteiger partial charge on any atom is -0.394 e. The molecule has 0 rings (SSSR count). The Balaban J connectivity index is 0. The van der Waals surface area contributed by atoms with Crippen LogP contribution in [0.5, 0.6) is 0 Å². The van der Waals surface area contributed by atoms with E-state index in [1.165, 1.54) is 0 Å². The van der Waals surface area contributed by atoms with Crippen molar-refractivity contribution >= 4 is 0 Å². The van der Waals surface area contributed by atoms with Crippen LogP contribution in [0.2, 0.25) is 0 Å². The Morgan fingerprint density at radius 1 is 1.44 bits per heavy atom. The average molecular weight is 135 g/mol. The Labute approximate surface area is 57.0 Å². The first kappa shape index (κ1) is 11.6. The second kappa shape index (κ2) is 15.7. The van der Waals surface area contributed by atoms with Gasteiger partial charge >= 0.3 is 0 Å². The van der Waals surface area contributed by atoms with Gasteiger partial charge in [0.25, 0.3) is 0 Å². The van der Waals surface area contributed by atoms with Crippen molar-refractivity contribution in [3.63, 3.8) is 0 Å². The van der Waals surface area contributed by atoms with Gasteiger partial charge in [-0.25, -0.2) is 0 Å². The monoisotopic (exact) mass is 135 g/mol. The second-order valence-corrected chi connectivity index (χ2v) is 1.42. The molecule has 0 unspecified atom stereocenters. The highest BCUT2D eigenvalue weighted by molar-refractivity contribution is 4.18. The second-order valence-electron chi connectivity index (χ2n) is 1.42. The molecule has 0 aliphatic carbocycles. The summed E-state index contributed by atoms with van der Waals surface area (Å²) in [5.74, 6) is 0. The molecule has 0 saturated heterocycles.